The lowest BCUT2D eigenvalue weighted by Crippen LogP contribution is -2.30. The molecule has 0 aliphatic carbocycles. The first kappa shape index (κ1) is 18.9. The lowest BCUT2D eigenvalue weighted by atomic mass is 10.1. The van der Waals surface area contributed by atoms with Crippen molar-refractivity contribution in [3.05, 3.63) is 78.9 Å². The van der Waals surface area contributed by atoms with Gasteiger partial charge >= 0.3 is 5.69 Å². The number of nitrogens with zero attached hydrogens (tertiary/aromatic N) is 2. The van der Waals surface area contributed by atoms with Crippen molar-refractivity contribution in [2.75, 3.05) is 6.61 Å². The molecule has 3 aromatic rings. The Balaban J connectivity index is 1.84. The molecule has 1 aromatic heterocycles. The van der Waals surface area contributed by atoms with Crippen LogP contribution >= 0.6 is 15.9 Å². The molecule has 2 heterocycles. The summed E-state index contributed by atoms with van der Waals surface area (Å²) in [7, 11) is 0. The zero-order chi connectivity index (χ0) is 20.5. The van der Waals surface area contributed by atoms with Gasteiger partial charge in [-0.2, -0.15) is 0 Å². The van der Waals surface area contributed by atoms with E-state index in [4.69, 9.17) is 4.74 Å². The predicted octanol–water partition coefficient (Wildman–Crippen LogP) is 3.65. The molecule has 29 heavy (non-hydrogen) atoms. The summed E-state index contributed by atoms with van der Waals surface area (Å²) in [6, 6.07) is 12.2. The Morgan fingerprint density at radius 1 is 1.21 bits per heavy atom. The Morgan fingerprint density at radius 3 is 2.69 bits per heavy atom. The molecule has 2 aromatic carbocycles. The zero-order valence-corrected chi connectivity index (χ0v) is 16.9. The summed E-state index contributed by atoms with van der Waals surface area (Å²) in [6.07, 6.45) is 3.13. The van der Waals surface area contributed by atoms with E-state index in [1.807, 2.05) is 25.1 Å². The van der Waals surface area contributed by atoms with Crippen LogP contribution in [0, 0.1) is 0 Å². The summed E-state index contributed by atoms with van der Waals surface area (Å²) in [5.74, 6) is 0.187. The summed E-state index contributed by atoms with van der Waals surface area (Å²) in [5.41, 5.74) is 1.18. The van der Waals surface area contributed by atoms with Gasteiger partial charge in [-0.15, -0.1) is 0 Å². The van der Waals surface area contributed by atoms with E-state index in [-0.39, 0.29) is 5.56 Å². The van der Waals surface area contributed by atoms with Crippen molar-refractivity contribution in [2.45, 2.75) is 6.92 Å². The maximum Gasteiger partial charge on any atom is 0.335 e. The first-order valence-corrected chi connectivity index (χ1v) is 9.64. The molecule has 0 amide bonds. The number of benzene rings is 2. The van der Waals surface area contributed by atoms with Gasteiger partial charge in [0.25, 0.3) is 5.56 Å². The maximum absolute atomic E-state index is 12.4. The molecule has 1 aliphatic heterocycles. The zero-order valence-electron chi connectivity index (χ0n) is 15.3. The van der Waals surface area contributed by atoms with Crippen molar-refractivity contribution in [3.8, 4) is 17.3 Å². The molecule has 7 nitrogen and oxygen atoms in total. The van der Waals surface area contributed by atoms with Crippen LogP contribution < -0.4 is 16.0 Å². The van der Waals surface area contributed by atoms with Gasteiger partial charge in [-0.05, 0) is 55.5 Å². The number of aromatic nitrogens is 2. The Labute approximate surface area is 173 Å². The average Bonchev–Trinajstić information content (AvgIpc) is 3.08. The topological polar surface area (TPSA) is 96.7 Å². The molecular weight excluding hydrogens is 438 g/mol. The number of fused-ring (bicyclic) bond motifs is 1. The lowest BCUT2D eigenvalue weighted by molar-refractivity contribution is 0.340. The maximum atomic E-state index is 12.4. The Bertz CT molecular complexity index is 1270. The van der Waals surface area contributed by atoms with Crippen LogP contribution in [-0.4, -0.2) is 27.5 Å². The molecule has 0 radical (unpaired) electrons. The second-order valence-electron chi connectivity index (χ2n) is 6.28. The summed E-state index contributed by atoms with van der Waals surface area (Å²) in [6.45, 7) is 2.38. The van der Waals surface area contributed by atoms with Crippen molar-refractivity contribution < 1.29 is 9.84 Å². The summed E-state index contributed by atoms with van der Waals surface area (Å²) < 4.78 is 7.30. The quantitative estimate of drug-likeness (QED) is 0.629. The van der Waals surface area contributed by atoms with E-state index in [0.717, 1.165) is 20.3 Å². The highest BCUT2D eigenvalue weighted by molar-refractivity contribution is 9.10. The van der Waals surface area contributed by atoms with E-state index in [1.165, 1.54) is 6.08 Å². The number of halogens is 1. The minimum absolute atomic E-state index is 0.0345. The molecule has 0 saturated heterocycles. The SMILES string of the molecule is CCOc1ccc(-n2c(O)c(/C=C3\C=Nc4ccc(Br)cc43)c(=O)[nH]c2=O)cc1. The molecule has 8 heteroatoms. The second kappa shape index (κ2) is 7.56. The van der Waals surface area contributed by atoms with Crippen molar-refractivity contribution in [3.63, 3.8) is 0 Å². The van der Waals surface area contributed by atoms with Gasteiger partial charge in [-0.3, -0.25) is 14.8 Å². The van der Waals surface area contributed by atoms with E-state index >= 15 is 0 Å². The second-order valence-corrected chi connectivity index (χ2v) is 7.19. The molecule has 0 fully saturated rings. The number of aliphatic imine (C=N–C) groups is 1. The van der Waals surface area contributed by atoms with Crippen LogP contribution in [0.5, 0.6) is 11.6 Å². The fraction of sp³-hybridized carbons (Fsp3) is 0.0952. The van der Waals surface area contributed by atoms with Crippen LogP contribution in [0.4, 0.5) is 5.69 Å². The highest BCUT2D eigenvalue weighted by Gasteiger charge is 2.18. The van der Waals surface area contributed by atoms with Crippen molar-refractivity contribution in [1.29, 1.82) is 0 Å². The highest BCUT2D eigenvalue weighted by atomic mass is 79.9. The summed E-state index contributed by atoms with van der Waals surface area (Å²) in [5, 5.41) is 10.8. The van der Waals surface area contributed by atoms with E-state index in [0.29, 0.717) is 23.6 Å². The molecule has 0 spiro atoms. The van der Waals surface area contributed by atoms with Crippen LogP contribution in [0.1, 0.15) is 18.1 Å². The van der Waals surface area contributed by atoms with Crippen molar-refractivity contribution in [1.82, 2.24) is 9.55 Å². The molecule has 4 rings (SSSR count). The Morgan fingerprint density at radius 2 is 1.97 bits per heavy atom. The van der Waals surface area contributed by atoms with Crippen LogP contribution in [0.25, 0.3) is 17.3 Å². The number of nitrogens with one attached hydrogen (secondary N) is 1. The monoisotopic (exact) mass is 453 g/mol. The third-order valence-electron chi connectivity index (χ3n) is 4.44. The van der Waals surface area contributed by atoms with Gasteiger partial charge in [0.05, 0.1) is 18.0 Å². The highest BCUT2D eigenvalue weighted by Crippen LogP contribution is 2.35. The number of allylic oxidation sites excluding steroid dienone is 1. The standard InChI is InChI=1S/C21H16BrN3O4/c1-2-29-15-6-4-14(5-7-15)25-20(27)17(19(26)24-21(25)28)9-12-11-23-18-8-3-13(22)10-16(12)18/h3-11,27H,2H2,1H3,(H,24,26,28)/b12-9+. The fourth-order valence-corrected chi connectivity index (χ4v) is 3.46. The van der Waals surface area contributed by atoms with Crippen LogP contribution in [0.3, 0.4) is 0 Å². The van der Waals surface area contributed by atoms with E-state index in [1.54, 1.807) is 30.5 Å². The molecule has 146 valence electrons. The Kier molecular flexibility index (Phi) is 4.94. The van der Waals surface area contributed by atoms with E-state index in [2.05, 4.69) is 25.9 Å². The number of rotatable bonds is 4. The van der Waals surface area contributed by atoms with Crippen molar-refractivity contribution >= 4 is 39.5 Å². The minimum Gasteiger partial charge on any atom is -0.494 e. The molecule has 1 aliphatic rings. The van der Waals surface area contributed by atoms with Gasteiger partial charge in [0.1, 0.15) is 11.3 Å². The molecule has 0 bridgehead atoms. The third kappa shape index (κ3) is 3.54. The third-order valence-corrected chi connectivity index (χ3v) is 4.93. The number of H-pyrrole nitrogens is 1. The number of aromatic amines is 1. The first-order valence-electron chi connectivity index (χ1n) is 8.85. The summed E-state index contributed by atoms with van der Waals surface area (Å²) in [4.78, 5) is 31.3. The number of hydrogen-bond donors (Lipinski definition) is 2. The van der Waals surface area contributed by atoms with E-state index in [9.17, 15) is 14.7 Å². The molecule has 0 unspecified atom stereocenters. The van der Waals surface area contributed by atoms with Crippen LogP contribution in [-0.2, 0) is 0 Å². The number of hydrogen-bond acceptors (Lipinski definition) is 5. The number of aromatic hydroxyl groups is 1. The minimum atomic E-state index is -0.734. The van der Waals surface area contributed by atoms with Crippen LogP contribution in [0.2, 0.25) is 0 Å². The number of ether oxygens (including phenoxy) is 1. The van der Waals surface area contributed by atoms with Crippen LogP contribution in [0.15, 0.2) is 61.5 Å². The smallest absolute Gasteiger partial charge is 0.335 e. The van der Waals surface area contributed by atoms with Gasteiger partial charge in [0.15, 0.2) is 0 Å². The molecule has 0 atom stereocenters. The van der Waals surface area contributed by atoms with Gasteiger partial charge in [-0.1, -0.05) is 15.9 Å². The fourth-order valence-electron chi connectivity index (χ4n) is 3.10. The Hall–Kier alpha value is -3.39. The molecule has 0 saturated carbocycles. The van der Waals surface area contributed by atoms with Crippen molar-refractivity contribution in [2.24, 2.45) is 4.99 Å². The van der Waals surface area contributed by atoms with Gasteiger partial charge in [0, 0.05) is 21.8 Å². The summed E-state index contributed by atoms with van der Waals surface area (Å²) >= 11 is 3.42. The lowest BCUT2D eigenvalue weighted by Gasteiger charge is -2.11. The van der Waals surface area contributed by atoms with Gasteiger partial charge in [0.2, 0.25) is 5.88 Å². The first-order chi connectivity index (χ1) is 14.0. The normalized spacial score (nSPS) is 13.7. The largest absolute Gasteiger partial charge is 0.494 e. The molecule has 2 N–H and O–H groups in total. The predicted molar refractivity (Wildman–Crippen MR) is 116 cm³/mol. The molecular formula is C21H16BrN3O4. The van der Waals surface area contributed by atoms with Gasteiger partial charge in [-0.25, -0.2) is 9.36 Å². The van der Waals surface area contributed by atoms with Gasteiger partial charge < -0.3 is 9.84 Å². The average molecular weight is 454 g/mol. The van der Waals surface area contributed by atoms with E-state index < -0.39 is 17.1 Å².